The normalized spacial score (nSPS) is 32.5. The van der Waals surface area contributed by atoms with E-state index in [1.807, 2.05) is 0 Å². The van der Waals surface area contributed by atoms with Gasteiger partial charge in [0.05, 0.1) is 6.10 Å². The average Bonchev–Trinajstić information content (AvgIpc) is 2.56. The highest BCUT2D eigenvalue weighted by molar-refractivity contribution is 5.72. The number of nitrogens with zero attached hydrogens (tertiary/aromatic N) is 1. The largest absolute Gasteiger partial charge is 0.479 e. The van der Waals surface area contributed by atoms with E-state index >= 15 is 0 Å². The number of ether oxygens (including phenoxy) is 1. The second-order valence-corrected chi connectivity index (χ2v) is 4.57. The molecular weight excluding hydrogens is 208 g/mol. The fourth-order valence-electron chi connectivity index (χ4n) is 2.39. The molecule has 2 saturated heterocycles. The van der Waals surface area contributed by atoms with Crippen LogP contribution in [-0.2, 0) is 9.53 Å². The van der Waals surface area contributed by atoms with Gasteiger partial charge in [0.1, 0.15) is 0 Å². The predicted molar refractivity (Wildman–Crippen MR) is 59.5 cm³/mol. The van der Waals surface area contributed by atoms with Gasteiger partial charge in [0, 0.05) is 19.6 Å². The number of carboxylic acid groups (broad SMARTS) is 1. The van der Waals surface area contributed by atoms with E-state index in [4.69, 9.17) is 9.84 Å². The minimum atomic E-state index is -0.819. The van der Waals surface area contributed by atoms with Crippen LogP contribution in [0, 0.1) is 0 Å². The molecule has 5 nitrogen and oxygen atoms in total. The smallest absolute Gasteiger partial charge is 0.332 e. The van der Waals surface area contributed by atoms with Crippen molar-refractivity contribution in [3.8, 4) is 0 Å². The Kier molecular flexibility index (Phi) is 4.15. The Hall–Kier alpha value is -0.650. The van der Waals surface area contributed by atoms with Gasteiger partial charge in [-0.1, -0.05) is 0 Å². The van der Waals surface area contributed by atoms with E-state index in [2.05, 4.69) is 10.2 Å². The monoisotopic (exact) mass is 228 g/mol. The van der Waals surface area contributed by atoms with Crippen molar-refractivity contribution in [2.45, 2.75) is 31.5 Å². The quantitative estimate of drug-likeness (QED) is 0.707. The molecule has 0 aromatic heterocycles. The molecule has 5 heteroatoms. The molecular formula is C11H20N2O3. The maximum Gasteiger partial charge on any atom is 0.332 e. The Morgan fingerprint density at radius 1 is 1.38 bits per heavy atom. The number of aliphatic carboxylic acids is 1. The van der Waals surface area contributed by atoms with Crippen molar-refractivity contribution in [3.63, 3.8) is 0 Å². The van der Waals surface area contributed by atoms with Gasteiger partial charge in [-0.25, -0.2) is 4.79 Å². The number of hydrogen-bond donors (Lipinski definition) is 2. The van der Waals surface area contributed by atoms with Crippen molar-refractivity contribution in [2.24, 2.45) is 0 Å². The molecule has 0 radical (unpaired) electrons. The molecule has 2 unspecified atom stereocenters. The van der Waals surface area contributed by atoms with Crippen LogP contribution in [0.15, 0.2) is 0 Å². The summed E-state index contributed by atoms with van der Waals surface area (Å²) in [6.45, 7) is 5.11. The molecule has 2 atom stereocenters. The first-order valence-corrected chi connectivity index (χ1v) is 6.07. The number of nitrogens with one attached hydrogen (secondary N) is 1. The van der Waals surface area contributed by atoms with Crippen molar-refractivity contribution in [2.75, 3.05) is 32.7 Å². The zero-order valence-electron chi connectivity index (χ0n) is 9.52. The zero-order valence-corrected chi connectivity index (χ0v) is 9.52. The van der Waals surface area contributed by atoms with Gasteiger partial charge in [-0.05, 0) is 32.4 Å². The third kappa shape index (κ3) is 3.17. The highest BCUT2D eigenvalue weighted by atomic mass is 16.5. The van der Waals surface area contributed by atoms with Crippen molar-refractivity contribution >= 4 is 5.97 Å². The molecule has 0 spiro atoms. The van der Waals surface area contributed by atoms with E-state index < -0.39 is 12.1 Å². The SMILES string of the molecule is O=C(O)C1CCC(CN2CCCNCC2)O1. The lowest BCUT2D eigenvalue weighted by molar-refractivity contribution is -0.149. The lowest BCUT2D eigenvalue weighted by Gasteiger charge is -2.23. The molecule has 0 aromatic carbocycles. The van der Waals surface area contributed by atoms with Gasteiger partial charge < -0.3 is 15.2 Å². The van der Waals surface area contributed by atoms with E-state index in [1.54, 1.807) is 0 Å². The third-order valence-corrected chi connectivity index (χ3v) is 3.28. The summed E-state index contributed by atoms with van der Waals surface area (Å²) in [4.78, 5) is 13.1. The van der Waals surface area contributed by atoms with Crippen LogP contribution in [0.25, 0.3) is 0 Å². The summed E-state index contributed by atoms with van der Waals surface area (Å²) in [5.74, 6) is -0.819. The van der Waals surface area contributed by atoms with Gasteiger partial charge >= 0.3 is 5.97 Å². The first-order chi connectivity index (χ1) is 7.75. The van der Waals surface area contributed by atoms with Crippen molar-refractivity contribution in [1.29, 1.82) is 0 Å². The molecule has 2 aliphatic rings. The van der Waals surface area contributed by atoms with Crippen LogP contribution in [-0.4, -0.2) is 60.9 Å². The topological polar surface area (TPSA) is 61.8 Å². The van der Waals surface area contributed by atoms with Crippen LogP contribution >= 0.6 is 0 Å². The van der Waals surface area contributed by atoms with Crippen LogP contribution in [0.3, 0.4) is 0 Å². The van der Waals surface area contributed by atoms with Gasteiger partial charge in [0.2, 0.25) is 0 Å². The van der Waals surface area contributed by atoms with Crippen molar-refractivity contribution < 1.29 is 14.6 Å². The summed E-state index contributed by atoms with van der Waals surface area (Å²) in [5.41, 5.74) is 0. The second kappa shape index (κ2) is 5.61. The minimum absolute atomic E-state index is 0.110. The maximum atomic E-state index is 10.7. The minimum Gasteiger partial charge on any atom is -0.479 e. The van der Waals surface area contributed by atoms with Crippen molar-refractivity contribution in [1.82, 2.24) is 10.2 Å². The van der Waals surface area contributed by atoms with Crippen LogP contribution in [0.4, 0.5) is 0 Å². The van der Waals surface area contributed by atoms with Gasteiger partial charge in [-0.3, -0.25) is 4.90 Å². The number of hydrogen-bond acceptors (Lipinski definition) is 4. The molecule has 2 N–H and O–H groups in total. The molecule has 16 heavy (non-hydrogen) atoms. The van der Waals surface area contributed by atoms with E-state index in [0.29, 0.717) is 6.42 Å². The maximum absolute atomic E-state index is 10.7. The third-order valence-electron chi connectivity index (χ3n) is 3.28. The fourth-order valence-corrected chi connectivity index (χ4v) is 2.39. The van der Waals surface area contributed by atoms with E-state index in [9.17, 15) is 4.79 Å². The van der Waals surface area contributed by atoms with Crippen LogP contribution in [0.5, 0.6) is 0 Å². The lowest BCUT2D eigenvalue weighted by Crippen LogP contribution is -2.35. The Morgan fingerprint density at radius 3 is 3.00 bits per heavy atom. The van der Waals surface area contributed by atoms with Crippen molar-refractivity contribution in [3.05, 3.63) is 0 Å². The molecule has 0 saturated carbocycles. The number of carbonyl (C=O) groups is 1. The molecule has 0 amide bonds. The Labute approximate surface area is 95.8 Å². The predicted octanol–water partition coefficient (Wildman–Crippen LogP) is -0.0861. The van der Waals surface area contributed by atoms with Gasteiger partial charge in [-0.2, -0.15) is 0 Å². The summed E-state index contributed by atoms with van der Waals surface area (Å²) < 4.78 is 5.50. The van der Waals surface area contributed by atoms with Crippen LogP contribution < -0.4 is 5.32 Å². The first kappa shape index (κ1) is 11.8. The Morgan fingerprint density at radius 2 is 2.25 bits per heavy atom. The molecule has 2 aliphatic heterocycles. The van der Waals surface area contributed by atoms with E-state index in [1.165, 1.54) is 0 Å². The van der Waals surface area contributed by atoms with E-state index in [-0.39, 0.29) is 6.10 Å². The molecule has 0 aliphatic carbocycles. The molecule has 2 rings (SSSR count). The average molecular weight is 228 g/mol. The summed E-state index contributed by atoms with van der Waals surface area (Å²) in [6, 6.07) is 0. The molecule has 2 heterocycles. The summed E-state index contributed by atoms with van der Waals surface area (Å²) >= 11 is 0. The first-order valence-electron chi connectivity index (χ1n) is 6.07. The molecule has 0 aromatic rings. The number of carboxylic acids is 1. The molecule has 92 valence electrons. The molecule has 0 bridgehead atoms. The Bertz CT molecular complexity index is 239. The number of rotatable bonds is 3. The Balaban J connectivity index is 1.75. The summed E-state index contributed by atoms with van der Waals surface area (Å²) in [6.07, 6.45) is 2.23. The standard InChI is InChI=1S/C11H20N2O3/c14-11(15)10-3-2-9(16-10)8-13-6-1-4-12-5-7-13/h9-10,12H,1-8H2,(H,14,15). The summed E-state index contributed by atoms with van der Waals surface area (Å²) in [5, 5.41) is 12.2. The fraction of sp³-hybridized carbons (Fsp3) is 0.909. The molecule has 2 fully saturated rings. The highest BCUT2D eigenvalue weighted by Crippen LogP contribution is 2.20. The van der Waals surface area contributed by atoms with Crippen LogP contribution in [0.1, 0.15) is 19.3 Å². The van der Waals surface area contributed by atoms with Gasteiger partial charge in [0.25, 0.3) is 0 Å². The zero-order chi connectivity index (χ0) is 11.4. The van der Waals surface area contributed by atoms with Gasteiger partial charge in [0.15, 0.2) is 6.10 Å². The summed E-state index contributed by atoms with van der Waals surface area (Å²) in [7, 11) is 0. The highest BCUT2D eigenvalue weighted by Gasteiger charge is 2.31. The van der Waals surface area contributed by atoms with Gasteiger partial charge in [-0.15, -0.1) is 0 Å². The lowest BCUT2D eigenvalue weighted by atomic mass is 10.2. The second-order valence-electron chi connectivity index (χ2n) is 4.57. The van der Waals surface area contributed by atoms with E-state index in [0.717, 1.165) is 45.6 Å². The van der Waals surface area contributed by atoms with Crippen LogP contribution in [0.2, 0.25) is 0 Å².